The molecule has 0 N–H and O–H groups in total. The molecule has 68 valence electrons. The second-order valence-corrected chi connectivity index (χ2v) is 5.37. The molecule has 0 bridgehead atoms. The van der Waals surface area contributed by atoms with Gasteiger partial charge in [0.25, 0.3) is 0 Å². The predicted molar refractivity (Wildman–Crippen MR) is 53.2 cm³/mol. The average Bonchev–Trinajstić information content (AvgIpc) is 1.86. The molecule has 0 aliphatic carbocycles. The van der Waals surface area contributed by atoms with E-state index in [9.17, 15) is 0 Å². The van der Waals surface area contributed by atoms with E-state index in [-0.39, 0.29) is 4.87 Å². The van der Waals surface area contributed by atoms with Gasteiger partial charge < -0.3 is 0 Å². The van der Waals surface area contributed by atoms with Gasteiger partial charge in [-0.25, -0.2) is 0 Å². The standard InChI is InChI=1S/C10H21Cl/c1-6-9(3,4)8-10(5,11)7-2/h6-8H2,1-5H3. The maximum atomic E-state index is 6.28. The van der Waals surface area contributed by atoms with Crippen LogP contribution in [0, 0.1) is 5.41 Å². The minimum atomic E-state index is -0.000486. The first kappa shape index (κ1) is 11.3. The van der Waals surface area contributed by atoms with E-state index >= 15 is 0 Å². The molecule has 0 saturated carbocycles. The molecule has 1 unspecified atom stereocenters. The molecule has 0 rings (SSSR count). The zero-order valence-corrected chi connectivity index (χ0v) is 9.26. The van der Waals surface area contributed by atoms with Gasteiger partial charge in [-0.2, -0.15) is 0 Å². The van der Waals surface area contributed by atoms with Gasteiger partial charge in [0.15, 0.2) is 0 Å². The van der Waals surface area contributed by atoms with Crippen LogP contribution in [0.1, 0.15) is 53.9 Å². The van der Waals surface area contributed by atoms with E-state index in [1.54, 1.807) is 0 Å². The molecule has 0 spiro atoms. The highest BCUT2D eigenvalue weighted by Crippen LogP contribution is 2.36. The number of hydrogen-bond donors (Lipinski definition) is 0. The quantitative estimate of drug-likeness (QED) is 0.563. The van der Waals surface area contributed by atoms with Gasteiger partial charge in [-0.1, -0.05) is 34.1 Å². The lowest BCUT2D eigenvalue weighted by molar-refractivity contribution is 0.278. The van der Waals surface area contributed by atoms with Gasteiger partial charge in [0.2, 0.25) is 0 Å². The Bertz CT molecular complexity index is 100. The van der Waals surface area contributed by atoms with Crippen LogP contribution >= 0.6 is 11.6 Å². The Hall–Kier alpha value is 0.290. The van der Waals surface area contributed by atoms with Crippen molar-refractivity contribution in [3.8, 4) is 0 Å². The lowest BCUT2D eigenvalue weighted by Crippen LogP contribution is -2.25. The van der Waals surface area contributed by atoms with Gasteiger partial charge in [0.05, 0.1) is 0 Å². The number of halogens is 1. The zero-order chi connectivity index (χ0) is 9.12. The van der Waals surface area contributed by atoms with E-state index in [4.69, 9.17) is 11.6 Å². The molecule has 1 atom stereocenters. The van der Waals surface area contributed by atoms with Crippen molar-refractivity contribution in [2.75, 3.05) is 0 Å². The molecule has 0 amide bonds. The third-order valence-corrected chi connectivity index (χ3v) is 2.94. The molecular weight excluding hydrogens is 156 g/mol. The Labute approximate surface area is 76.3 Å². The molecule has 0 saturated heterocycles. The third-order valence-electron chi connectivity index (χ3n) is 2.54. The molecule has 0 aromatic rings. The van der Waals surface area contributed by atoms with E-state index in [1.807, 2.05) is 0 Å². The van der Waals surface area contributed by atoms with Crippen LogP contribution in [0.2, 0.25) is 0 Å². The van der Waals surface area contributed by atoms with E-state index in [1.165, 1.54) is 6.42 Å². The van der Waals surface area contributed by atoms with Gasteiger partial charge in [-0.3, -0.25) is 0 Å². The molecule has 0 fully saturated rings. The van der Waals surface area contributed by atoms with Crippen LogP contribution in [-0.4, -0.2) is 4.87 Å². The van der Waals surface area contributed by atoms with Gasteiger partial charge in [0, 0.05) is 4.87 Å². The van der Waals surface area contributed by atoms with Crippen molar-refractivity contribution in [1.82, 2.24) is 0 Å². The van der Waals surface area contributed by atoms with Crippen molar-refractivity contribution in [2.24, 2.45) is 5.41 Å². The first-order valence-corrected chi connectivity index (χ1v) is 4.90. The molecule has 0 aromatic carbocycles. The van der Waals surface area contributed by atoms with Gasteiger partial charge in [0.1, 0.15) is 0 Å². The molecule has 0 heterocycles. The third kappa shape index (κ3) is 4.68. The van der Waals surface area contributed by atoms with Crippen molar-refractivity contribution in [2.45, 2.75) is 58.8 Å². The van der Waals surface area contributed by atoms with Crippen LogP contribution in [0.25, 0.3) is 0 Å². The van der Waals surface area contributed by atoms with E-state index < -0.39 is 0 Å². The Balaban J connectivity index is 4.02. The maximum absolute atomic E-state index is 6.28. The summed E-state index contributed by atoms with van der Waals surface area (Å²) in [6.45, 7) is 11.1. The van der Waals surface area contributed by atoms with Crippen LogP contribution in [0.4, 0.5) is 0 Å². The minimum absolute atomic E-state index is 0.000486. The van der Waals surface area contributed by atoms with Crippen molar-refractivity contribution in [3.63, 3.8) is 0 Å². The van der Waals surface area contributed by atoms with Crippen molar-refractivity contribution < 1.29 is 0 Å². The molecule has 0 nitrogen and oxygen atoms in total. The summed E-state index contributed by atoms with van der Waals surface area (Å²) >= 11 is 6.28. The molecule has 1 heteroatoms. The molecular formula is C10H21Cl. The summed E-state index contributed by atoms with van der Waals surface area (Å²) in [4.78, 5) is -0.000486. The Morgan fingerprint density at radius 3 is 1.73 bits per heavy atom. The SMILES string of the molecule is CCC(C)(C)CC(C)(Cl)CC. The highest BCUT2D eigenvalue weighted by Gasteiger charge is 2.27. The van der Waals surface area contributed by atoms with Crippen LogP contribution in [0.3, 0.4) is 0 Å². The van der Waals surface area contributed by atoms with Crippen molar-refractivity contribution in [3.05, 3.63) is 0 Å². The second-order valence-electron chi connectivity index (χ2n) is 4.46. The van der Waals surface area contributed by atoms with Crippen LogP contribution in [0.5, 0.6) is 0 Å². The fourth-order valence-corrected chi connectivity index (χ4v) is 1.61. The highest BCUT2D eigenvalue weighted by atomic mass is 35.5. The summed E-state index contributed by atoms with van der Waals surface area (Å²) in [7, 11) is 0. The highest BCUT2D eigenvalue weighted by molar-refractivity contribution is 6.23. The molecule has 0 radical (unpaired) electrons. The average molecular weight is 177 g/mol. The minimum Gasteiger partial charge on any atom is -0.120 e. The largest absolute Gasteiger partial charge is 0.120 e. The Kier molecular flexibility index (Phi) is 3.90. The number of alkyl halides is 1. The monoisotopic (exact) mass is 176 g/mol. The lowest BCUT2D eigenvalue weighted by Gasteiger charge is -2.31. The summed E-state index contributed by atoms with van der Waals surface area (Å²) in [6, 6.07) is 0. The van der Waals surface area contributed by atoms with Gasteiger partial charge in [-0.15, -0.1) is 11.6 Å². The predicted octanol–water partition coefficient (Wildman–Crippen LogP) is 4.22. The Morgan fingerprint density at radius 2 is 1.45 bits per heavy atom. The van der Waals surface area contributed by atoms with Crippen molar-refractivity contribution in [1.29, 1.82) is 0 Å². The summed E-state index contributed by atoms with van der Waals surface area (Å²) < 4.78 is 0. The smallest absolute Gasteiger partial charge is 0.0421 e. The summed E-state index contributed by atoms with van der Waals surface area (Å²) in [5.74, 6) is 0. The summed E-state index contributed by atoms with van der Waals surface area (Å²) in [5.41, 5.74) is 0.395. The number of rotatable bonds is 4. The molecule has 0 aromatic heterocycles. The van der Waals surface area contributed by atoms with Crippen LogP contribution in [-0.2, 0) is 0 Å². The van der Waals surface area contributed by atoms with E-state index in [0.717, 1.165) is 12.8 Å². The fraction of sp³-hybridized carbons (Fsp3) is 1.00. The molecule has 11 heavy (non-hydrogen) atoms. The number of hydrogen-bond acceptors (Lipinski definition) is 0. The van der Waals surface area contributed by atoms with E-state index in [0.29, 0.717) is 5.41 Å². The Morgan fingerprint density at radius 1 is 1.00 bits per heavy atom. The normalized spacial score (nSPS) is 18.0. The van der Waals surface area contributed by atoms with Crippen LogP contribution in [0.15, 0.2) is 0 Å². The summed E-state index contributed by atoms with van der Waals surface area (Å²) in [6.07, 6.45) is 3.36. The zero-order valence-electron chi connectivity index (χ0n) is 8.50. The fourth-order valence-electron chi connectivity index (χ4n) is 1.25. The lowest BCUT2D eigenvalue weighted by atomic mass is 9.80. The van der Waals surface area contributed by atoms with Gasteiger partial charge >= 0.3 is 0 Å². The summed E-state index contributed by atoms with van der Waals surface area (Å²) in [5, 5.41) is 0. The molecule has 0 aliphatic heterocycles. The topological polar surface area (TPSA) is 0 Å². The van der Waals surface area contributed by atoms with Gasteiger partial charge in [-0.05, 0) is 25.2 Å². The second kappa shape index (κ2) is 3.80. The maximum Gasteiger partial charge on any atom is 0.0421 e. The van der Waals surface area contributed by atoms with Crippen molar-refractivity contribution >= 4 is 11.6 Å². The van der Waals surface area contributed by atoms with E-state index in [2.05, 4.69) is 34.6 Å². The first-order valence-electron chi connectivity index (χ1n) is 4.52. The molecule has 0 aliphatic rings. The van der Waals surface area contributed by atoms with Crippen LogP contribution < -0.4 is 0 Å². The first-order chi connectivity index (χ1) is 4.83.